The van der Waals surface area contributed by atoms with E-state index >= 15 is 0 Å². The quantitative estimate of drug-likeness (QED) is 0.773. The molecule has 0 amide bonds. The van der Waals surface area contributed by atoms with Gasteiger partial charge in [-0.2, -0.15) is 0 Å². The second kappa shape index (κ2) is 10.6. The zero-order valence-corrected chi connectivity index (χ0v) is 13.0. The molecule has 0 aromatic rings. The predicted octanol–water partition coefficient (Wildman–Crippen LogP) is 1.65. The third-order valence-electron chi connectivity index (χ3n) is 3.95. The number of unbranched alkanes of at least 4 members (excludes halogenated alkanes) is 1. The lowest BCUT2D eigenvalue weighted by Gasteiger charge is -2.41. The first-order chi connectivity index (χ1) is 9.33. The van der Waals surface area contributed by atoms with Crippen molar-refractivity contribution in [3.8, 4) is 0 Å². The largest absolute Gasteiger partial charge is 0.379 e. The van der Waals surface area contributed by atoms with Crippen LogP contribution in [0.3, 0.4) is 0 Å². The van der Waals surface area contributed by atoms with E-state index in [1.165, 1.54) is 49.9 Å². The van der Waals surface area contributed by atoms with Crippen LogP contribution >= 0.6 is 0 Å². The van der Waals surface area contributed by atoms with Crippen molar-refractivity contribution >= 4 is 0 Å². The summed E-state index contributed by atoms with van der Waals surface area (Å²) < 4.78 is 11.8. The first-order valence-electron chi connectivity index (χ1n) is 8.04. The molecular weight excluding hydrogens is 240 g/mol. The van der Waals surface area contributed by atoms with Gasteiger partial charge in [-0.1, -0.05) is 20.3 Å². The Kier molecular flexibility index (Phi) is 9.43. The first kappa shape index (κ1) is 16.9. The highest BCUT2D eigenvalue weighted by molar-refractivity contribution is 4.51. The fraction of sp³-hybridized carbons (Fsp3) is 1.00. The minimum atomic E-state index is 0.889. The van der Waals surface area contributed by atoms with Crippen molar-refractivity contribution in [1.29, 1.82) is 0 Å². The van der Waals surface area contributed by atoms with E-state index in [1.54, 1.807) is 0 Å². The molecule has 2 aliphatic rings. The summed E-state index contributed by atoms with van der Waals surface area (Å²) >= 11 is 0. The molecule has 0 aliphatic carbocycles. The Morgan fingerprint density at radius 3 is 1.89 bits per heavy atom. The highest BCUT2D eigenvalue weighted by Crippen LogP contribution is 2.14. The zero-order chi connectivity index (χ0) is 13.8. The van der Waals surface area contributed by atoms with E-state index in [-0.39, 0.29) is 0 Å². The minimum Gasteiger partial charge on any atom is -0.379 e. The zero-order valence-electron chi connectivity index (χ0n) is 13.0. The Hall–Kier alpha value is -0.160. The molecular formula is C15H33N2O2+. The van der Waals surface area contributed by atoms with Gasteiger partial charge in [0, 0.05) is 13.1 Å². The molecule has 2 heterocycles. The van der Waals surface area contributed by atoms with Gasteiger partial charge in [-0.15, -0.1) is 0 Å². The summed E-state index contributed by atoms with van der Waals surface area (Å²) in [5, 5.41) is 3.16. The monoisotopic (exact) mass is 273 g/mol. The summed E-state index contributed by atoms with van der Waals surface area (Å²) in [6, 6.07) is 0. The first-order valence-corrected chi connectivity index (χ1v) is 8.04. The number of morpholine rings is 2. The summed E-state index contributed by atoms with van der Waals surface area (Å²) in [4.78, 5) is 0. The molecule has 114 valence electrons. The Morgan fingerprint density at radius 2 is 1.47 bits per heavy atom. The van der Waals surface area contributed by atoms with Crippen molar-refractivity contribution in [2.24, 2.45) is 0 Å². The van der Waals surface area contributed by atoms with Crippen molar-refractivity contribution in [1.82, 2.24) is 5.32 Å². The Labute approximate surface area is 119 Å². The highest BCUT2D eigenvalue weighted by Gasteiger charge is 2.28. The summed E-state index contributed by atoms with van der Waals surface area (Å²) in [5.74, 6) is 0. The Bertz CT molecular complexity index is 185. The lowest BCUT2D eigenvalue weighted by atomic mass is 10.2. The van der Waals surface area contributed by atoms with Crippen LogP contribution < -0.4 is 5.32 Å². The second-order valence-electron chi connectivity index (χ2n) is 5.56. The summed E-state index contributed by atoms with van der Waals surface area (Å²) in [5.41, 5.74) is 0. The molecule has 2 saturated heterocycles. The van der Waals surface area contributed by atoms with Gasteiger partial charge in [0.15, 0.2) is 0 Å². The van der Waals surface area contributed by atoms with Gasteiger partial charge in [0.25, 0.3) is 0 Å². The number of ether oxygens (including phenoxy) is 2. The van der Waals surface area contributed by atoms with Gasteiger partial charge in [0.05, 0.1) is 39.5 Å². The number of nitrogens with one attached hydrogen (secondary N) is 1. The van der Waals surface area contributed by atoms with E-state index < -0.39 is 0 Å². The van der Waals surface area contributed by atoms with Gasteiger partial charge in [-0.05, 0) is 12.8 Å². The van der Waals surface area contributed by atoms with E-state index in [0.717, 1.165) is 39.5 Å². The standard InChI is InChI=1S/C11H24NO.C4H9NO/c1-3-5-7-12(6-4-2)8-10-13-11-9-12;1-3-6-4-2-5-1/h3-11H2,1-2H3;5H,1-4H2/q+1;. The molecule has 0 atom stereocenters. The van der Waals surface area contributed by atoms with Crippen LogP contribution in [0.2, 0.25) is 0 Å². The van der Waals surface area contributed by atoms with Crippen LogP contribution in [0.1, 0.15) is 33.1 Å². The average Bonchev–Trinajstić information content (AvgIpc) is 2.49. The summed E-state index contributed by atoms with van der Waals surface area (Å²) in [6.07, 6.45) is 4.01. The van der Waals surface area contributed by atoms with Gasteiger partial charge < -0.3 is 19.3 Å². The second-order valence-corrected chi connectivity index (χ2v) is 5.56. The molecule has 4 nitrogen and oxygen atoms in total. The third kappa shape index (κ3) is 7.25. The van der Waals surface area contributed by atoms with Crippen LogP contribution in [-0.2, 0) is 9.47 Å². The Morgan fingerprint density at radius 1 is 0.842 bits per heavy atom. The molecule has 0 saturated carbocycles. The lowest BCUT2D eigenvalue weighted by Crippen LogP contribution is -2.55. The maximum Gasteiger partial charge on any atom is 0.102 e. The molecule has 0 aromatic heterocycles. The van der Waals surface area contributed by atoms with Gasteiger partial charge in [-0.25, -0.2) is 0 Å². The molecule has 2 rings (SSSR count). The highest BCUT2D eigenvalue weighted by atomic mass is 16.5. The summed E-state index contributed by atoms with van der Waals surface area (Å²) in [7, 11) is 0. The lowest BCUT2D eigenvalue weighted by molar-refractivity contribution is -0.935. The molecule has 0 bridgehead atoms. The molecule has 4 heteroatoms. The van der Waals surface area contributed by atoms with E-state index in [9.17, 15) is 0 Å². The SMILES string of the molecule is C1COCCN1.CCCC[N+]1(CCC)CCOCC1. The molecule has 0 radical (unpaired) electrons. The van der Waals surface area contributed by atoms with Crippen molar-refractivity contribution in [3.05, 3.63) is 0 Å². The fourth-order valence-electron chi connectivity index (χ4n) is 2.77. The molecule has 0 aromatic carbocycles. The van der Waals surface area contributed by atoms with Crippen molar-refractivity contribution < 1.29 is 14.0 Å². The van der Waals surface area contributed by atoms with Crippen LogP contribution in [0.4, 0.5) is 0 Å². The topological polar surface area (TPSA) is 30.5 Å². The van der Waals surface area contributed by atoms with Gasteiger partial charge in [0.1, 0.15) is 13.1 Å². The fourth-order valence-corrected chi connectivity index (χ4v) is 2.77. The minimum absolute atomic E-state index is 0.889. The van der Waals surface area contributed by atoms with Crippen molar-refractivity contribution in [3.63, 3.8) is 0 Å². The van der Waals surface area contributed by atoms with Gasteiger partial charge in [0.2, 0.25) is 0 Å². The van der Waals surface area contributed by atoms with Crippen LogP contribution in [0.25, 0.3) is 0 Å². The molecule has 2 fully saturated rings. The number of hydrogen-bond donors (Lipinski definition) is 1. The number of quaternary nitrogens is 1. The maximum atomic E-state index is 5.44. The average molecular weight is 273 g/mol. The van der Waals surface area contributed by atoms with Crippen LogP contribution in [0, 0.1) is 0 Å². The van der Waals surface area contributed by atoms with E-state index in [0.29, 0.717) is 0 Å². The van der Waals surface area contributed by atoms with Crippen LogP contribution in [0.5, 0.6) is 0 Å². The molecule has 19 heavy (non-hydrogen) atoms. The summed E-state index contributed by atoms with van der Waals surface area (Å²) in [6.45, 7) is 15.6. The molecule has 2 aliphatic heterocycles. The van der Waals surface area contributed by atoms with Crippen LogP contribution in [0.15, 0.2) is 0 Å². The number of nitrogens with zero attached hydrogens (tertiary/aromatic N) is 1. The molecule has 0 spiro atoms. The predicted molar refractivity (Wildman–Crippen MR) is 79.4 cm³/mol. The van der Waals surface area contributed by atoms with Crippen molar-refractivity contribution in [2.45, 2.75) is 33.1 Å². The van der Waals surface area contributed by atoms with Gasteiger partial charge in [-0.3, -0.25) is 0 Å². The third-order valence-corrected chi connectivity index (χ3v) is 3.95. The normalized spacial score (nSPS) is 22.4. The number of rotatable bonds is 5. The van der Waals surface area contributed by atoms with Crippen molar-refractivity contribution in [2.75, 3.05) is 65.7 Å². The molecule has 1 N–H and O–H groups in total. The van der Waals surface area contributed by atoms with Gasteiger partial charge >= 0.3 is 0 Å². The van der Waals surface area contributed by atoms with Crippen LogP contribution in [-0.4, -0.2) is 70.2 Å². The smallest absolute Gasteiger partial charge is 0.102 e. The van der Waals surface area contributed by atoms with E-state index in [4.69, 9.17) is 9.47 Å². The number of hydrogen-bond acceptors (Lipinski definition) is 3. The van der Waals surface area contributed by atoms with E-state index in [1.807, 2.05) is 0 Å². The Balaban J connectivity index is 0.000000250. The molecule has 0 unspecified atom stereocenters. The van der Waals surface area contributed by atoms with E-state index in [2.05, 4.69) is 19.2 Å². The maximum absolute atomic E-state index is 5.44.